The highest BCUT2D eigenvalue weighted by molar-refractivity contribution is 5.88. The van der Waals surface area contributed by atoms with Crippen LogP contribution in [0.4, 0.5) is 0 Å². The molecular weight excluding hydrogens is 444 g/mol. The maximum atomic E-state index is 12.6. The van der Waals surface area contributed by atoms with Crippen LogP contribution < -0.4 is 21.3 Å². The molecule has 0 aromatic carbocycles. The van der Waals surface area contributed by atoms with E-state index in [1.54, 1.807) is 48.5 Å². The Bertz CT molecular complexity index is 698. The lowest BCUT2D eigenvalue weighted by molar-refractivity contribution is -0.193. The monoisotopic (exact) mass is 486 g/mol. The molecule has 11 nitrogen and oxygen atoms in total. The Hall–Kier alpha value is -2.50. The van der Waals surface area contributed by atoms with Crippen molar-refractivity contribution >= 4 is 23.7 Å². The molecule has 0 aliphatic heterocycles. The Balaban J connectivity index is 4.90. The molecule has 196 valence electrons. The third-order valence-electron chi connectivity index (χ3n) is 4.13. The van der Waals surface area contributed by atoms with Crippen LogP contribution >= 0.6 is 0 Å². The molecule has 0 aromatic heterocycles. The molecule has 0 aliphatic carbocycles. The Morgan fingerprint density at radius 1 is 0.971 bits per heavy atom. The van der Waals surface area contributed by atoms with Gasteiger partial charge in [-0.3, -0.25) is 24.5 Å². The number of carbonyl (C=O) groups excluding carboxylic acids is 4. The average molecular weight is 487 g/mol. The highest BCUT2D eigenvalue weighted by Crippen LogP contribution is 2.13. The topological polar surface area (TPSA) is 155 Å². The zero-order valence-corrected chi connectivity index (χ0v) is 21.4. The predicted molar refractivity (Wildman–Crippen MR) is 127 cm³/mol. The lowest BCUT2D eigenvalue weighted by Gasteiger charge is -2.29. The van der Waals surface area contributed by atoms with Crippen LogP contribution in [0.5, 0.6) is 0 Å². The number of hydrogen-bond donors (Lipinski definition) is 5. The summed E-state index contributed by atoms with van der Waals surface area (Å²) in [4.78, 5) is 48.5. The SMILES string of the molecule is C=CC(=O)NCCNC(=O)C(CC)NC(=O)CCC(NC(O)OC(C)(C)C)C(=O)OC(C)(C)C. The molecule has 0 radical (unpaired) electrons. The second-order valence-electron chi connectivity index (χ2n) is 9.69. The van der Waals surface area contributed by atoms with Gasteiger partial charge in [0.1, 0.15) is 17.7 Å². The third kappa shape index (κ3) is 15.4. The van der Waals surface area contributed by atoms with Crippen molar-refractivity contribution in [2.75, 3.05) is 13.1 Å². The lowest BCUT2D eigenvalue weighted by atomic mass is 10.1. The molecule has 0 saturated heterocycles. The first-order chi connectivity index (χ1) is 15.6. The fourth-order valence-electron chi connectivity index (χ4n) is 2.64. The van der Waals surface area contributed by atoms with Crippen LogP contribution in [0.3, 0.4) is 0 Å². The summed E-state index contributed by atoms with van der Waals surface area (Å²) in [7, 11) is 0. The molecule has 0 aromatic rings. The van der Waals surface area contributed by atoms with E-state index in [4.69, 9.17) is 9.47 Å². The van der Waals surface area contributed by atoms with E-state index in [9.17, 15) is 24.3 Å². The standard InChI is InChI=1S/C23H42N4O7/c1-9-15(19(30)25-14-13-24-17(28)10-2)26-18(29)12-11-16(20(31)33-22(3,4)5)27-21(32)34-23(6,7)8/h10,15-16,21,27,32H,2,9,11-14H2,1,3-8H3,(H,24,28)(H,25,30)(H,26,29). The summed E-state index contributed by atoms with van der Waals surface area (Å²) in [5.74, 6) is -1.81. The van der Waals surface area contributed by atoms with Crippen molar-refractivity contribution < 1.29 is 33.8 Å². The van der Waals surface area contributed by atoms with Crippen LogP contribution in [0.2, 0.25) is 0 Å². The van der Waals surface area contributed by atoms with E-state index in [1.165, 1.54) is 0 Å². The minimum absolute atomic E-state index is 0.0109. The number of nitrogens with one attached hydrogen (secondary N) is 4. The summed E-state index contributed by atoms with van der Waals surface area (Å²) < 4.78 is 10.8. The number of hydrogen-bond acceptors (Lipinski definition) is 8. The molecule has 3 amide bonds. The van der Waals surface area contributed by atoms with Gasteiger partial charge in [-0.2, -0.15) is 0 Å². The minimum Gasteiger partial charge on any atom is -0.459 e. The van der Waals surface area contributed by atoms with Gasteiger partial charge in [0, 0.05) is 19.5 Å². The Kier molecular flexibility index (Phi) is 13.6. The molecule has 0 spiro atoms. The van der Waals surface area contributed by atoms with Gasteiger partial charge in [-0.05, 0) is 60.5 Å². The van der Waals surface area contributed by atoms with Crippen LogP contribution in [-0.4, -0.2) is 71.6 Å². The molecule has 5 N–H and O–H groups in total. The third-order valence-corrected chi connectivity index (χ3v) is 4.13. The van der Waals surface area contributed by atoms with E-state index >= 15 is 0 Å². The maximum Gasteiger partial charge on any atom is 0.323 e. The smallest absolute Gasteiger partial charge is 0.323 e. The fourth-order valence-corrected chi connectivity index (χ4v) is 2.64. The molecule has 0 saturated carbocycles. The quantitative estimate of drug-likeness (QED) is 0.103. The molecule has 3 unspecified atom stereocenters. The van der Waals surface area contributed by atoms with Gasteiger partial charge in [0.25, 0.3) is 0 Å². The zero-order chi connectivity index (χ0) is 26.5. The van der Waals surface area contributed by atoms with Gasteiger partial charge in [-0.25, -0.2) is 0 Å². The van der Waals surface area contributed by atoms with E-state index in [0.29, 0.717) is 6.42 Å². The largest absolute Gasteiger partial charge is 0.459 e. The summed E-state index contributed by atoms with van der Waals surface area (Å²) in [5, 5.41) is 20.6. The second-order valence-corrected chi connectivity index (χ2v) is 9.69. The first kappa shape index (κ1) is 31.5. The van der Waals surface area contributed by atoms with Crippen molar-refractivity contribution in [2.45, 2.75) is 97.4 Å². The molecule has 11 heteroatoms. The van der Waals surface area contributed by atoms with Crippen molar-refractivity contribution in [1.29, 1.82) is 0 Å². The van der Waals surface area contributed by atoms with Crippen molar-refractivity contribution in [3.8, 4) is 0 Å². The predicted octanol–water partition coefficient (Wildman–Crippen LogP) is 0.471. The number of esters is 1. The molecule has 0 bridgehead atoms. The van der Waals surface area contributed by atoms with E-state index in [0.717, 1.165) is 6.08 Å². The van der Waals surface area contributed by atoms with Crippen LogP contribution in [0.15, 0.2) is 12.7 Å². The van der Waals surface area contributed by atoms with Gasteiger partial charge in [0.15, 0.2) is 0 Å². The molecule has 0 heterocycles. The molecule has 0 fully saturated rings. The summed E-state index contributed by atoms with van der Waals surface area (Å²) >= 11 is 0. The maximum absolute atomic E-state index is 12.6. The summed E-state index contributed by atoms with van der Waals surface area (Å²) in [5.41, 5.74) is -1.43. The summed E-state index contributed by atoms with van der Waals surface area (Å²) in [6.07, 6.45) is -0.0567. The van der Waals surface area contributed by atoms with E-state index in [1.807, 2.05) is 0 Å². The number of aliphatic hydroxyl groups excluding tert-OH is 1. The Morgan fingerprint density at radius 2 is 1.56 bits per heavy atom. The Morgan fingerprint density at radius 3 is 2.06 bits per heavy atom. The highest BCUT2D eigenvalue weighted by Gasteiger charge is 2.29. The summed E-state index contributed by atoms with van der Waals surface area (Å²) in [6, 6.07) is -1.78. The van der Waals surface area contributed by atoms with Gasteiger partial charge in [0.05, 0.1) is 5.60 Å². The first-order valence-electron chi connectivity index (χ1n) is 11.4. The van der Waals surface area contributed by atoms with Gasteiger partial charge in [0.2, 0.25) is 24.1 Å². The van der Waals surface area contributed by atoms with Crippen molar-refractivity contribution in [1.82, 2.24) is 21.3 Å². The normalized spacial score (nSPS) is 14.4. The molecule has 34 heavy (non-hydrogen) atoms. The molecule has 0 aliphatic rings. The van der Waals surface area contributed by atoms with Crippen molar-refractivity contribution in [3.05, 3.63) is 12.7 Å². The van der Waals surface area contributed by atoms with Crippen molar-refractivity contribution in [3.63, 3.8) is 0 Å². The van der Waals surface area contributed by atoms with E-state index in [-0.39, 0.29) is 37.7 Å². The number of rotatable bonds is 14. The second kappa shape index (κ2) is 14.7. The zero-order valence-electron chi connectivity index (χ0n) is 21.4. The van der Waals surface area contributed by atoms with Crippen molar-refractivity contribution in [2.24, 2.45) is 0 Å². The van der Waals surface area contributed by atoms with E-state index < -0.39 is 41.6 Å². The number of amides is 3. The fraction of sp³-hybridized carbons (Fsp3) is 0.739. The van der Waals surface area contributed by atoms with Gasteiger partial charge >= 0.3 is 5.97 Å². The van der Waals surface area contributed by atoms with Gasteiger partial charge in [-0.1, -0.05) is 13.5 Å². The lowest BCUT2D eigenvalue weighted by Crippen LogP contribution is -2.50. The Labute approximate surface area is 202 Å². The minimum atomic E-state index is -1.45. The van der Waals surface area contributed by atoms with Gasteiger partial charge < -0.3 is 30.5 Å². The average Bonchev–Trinajstić information content (AvgIpc) is 2.69. The van der Waals surface area contributed by atoms with Gasteiger partial charge in [-0.15, -0.1) is 0 Å². The van der Waals surface area contributed by atoms with Crippen LogP contribution in [0, 0.1) is 0 Å². The summed E-state index contributed by atoms with van der Waals surface area (Å²) in [6.45, 7) is 15.9. The number of carbonyl (C=O) groups is 4. The number of ether oxygens (including phenoxy) is 2. The molecule has 0 rings (SSSR count). The number of aliphatic hydroxyl groups is 1. The first-order valence-corrected chi connectivity index (χ1v) is 11.4. The molecule has 3 atom stereocenters. The van der Waals surface area contributed by atoms with Crippen LogP contribution in [-0.2, 0) is 28.7 Å². The van der Waals surface area contributed by atoms with E-state index in [2.05, 4.69) is 27.8 Å². The van der Waals surface area contributed by atoms with Crippen LogP contribution in [0.25, 0.3) is 0 Å². The molecular formula is C23H42N4O7. The highest BCUT2D eigenvalue weighted by atomic mass is 16.6. The van der Waals surface area contributed by atoms with Crippen LogP contribution in [0.1, 0.15) is 67.7 Å².